The Morgan fingerprint density at radius 2 is 2.00 bits per heavy atom. The van der Waals surface area contributed by atoms with Crippen LogP contribution < -0.4 is 10.1 Å². The van der Waals surface area contributed by atoms with Gasteiger partial charge in [-0.25, -0.2) is 0 Å². The Morgan fingerprint density at radius 3 is 2.58 bits per heavy atom. The summed E-state index contributed by atoms with van der Waals surface area (Å²) in [7, 11) is 0. The summed E-state index contributed by atoms with van der Waals surface area (Å²) < 4.78 is 5.68. The highest BCUT2D eigenvalue weighted by Crippen LogP contribution is 2.32. The number of aliphatic hydroxyl groups excluding tert-OH is 1. The first kappa shape index (κ1) is 16.6. The quantitative estimate of drug-likeness (QED) is 0.808. The Labute approximate surface area is 124 Å². The van der Waals surface area contributed by atoms with Crippen LogP contribution >= 0.6 is 23.2 Å². The van der Waals surface area contributed by atoms with Gasteiger partial charge in [0.15, 0.2) is 0 Å². The van der Waals surface area contributed by atoms with Crippen molar-refractivity contribution in [3.8, 4) is 5.75 Å². The SMILES string of the molecule is CCCOc1c(Cl)cc(Cl)cc1CNC(C)(C)CO. The second kappa shape index (κ2) is 7.34. The summed E-state index contributed by atoms with van der Waals surface area (Å²) in [5.74, 6) is 0.661. The van der Waals surface area contributed by atoms with Crippen LogP contribution in [0.25, 0.3) is 0 Å². The number of hydrogen-bond donors (Lipinski definition) is 2. The summed E-state index contributed by atoms with van der Waals surface area (Å²) in [6, 6.07) is 3.51. The van der Waals surface area contributed by atoms with Gasteiger partial charge in [-0.1, -0.05) is 30.1 Å². The molecule has 1 aromatic rings. The Bertz CT molecular complexity index is 422. The first-order valence-corrected chi connectivity index (χ1v) is 7.12. The Morgan fingerprint density at radius 1 is 1.32 bits per heavy atom. The average Bonchev–Trinajstić information content (AvgIpc) is 2.35. The normalized spacial score (nSPS) is 11.7. The zero-order chi connectivity index (χ0) is 14.5. The molecule has 0 radical (unpaired) electrons. The van der Waals surface area contributed by atoms with E-state index in [4.69, 9.17) is 27.9 Å². The lowest BCUT2D eigenvalue weighted by molar-refractivity contribution is 0.186. The fourth-order valence-corrected chi connectivity index (χ4v) is 2.09. The molecule has 108 valence electrons. The third-order valence-electron chi connectivity index (χ3n) is 2.69. The summed E-state index contributed by atoms with van der Waals surface area (Å²) in [4.78, 5) is 0. The molecule has 0 aromatic heterocycles. The van der Waals surface area contributed by atoms with Crippen LogP contribution in [0, 0.1) is 0 Å². The van der Waals surface area contributed by atoms with Crippen LogP contribution in [0.3, 0.4) is 0 Å². The van der Waals surface area contributed by atoms with Crippen molar-refractivity contribution in [1.82, 2.24) is 5.32 Å². The smallest absolute Gasteiger partial charge is 0.142 e. The van der Waals surface area contributed by atoms with Gasteiger partial charge >= 0.3 is 0 Å². The maximum atomic E-state index is 9.25. The molecule has 0 saturated carbocycles. The number of benzene rings is 1. The van der Waals surface area contributed by atoms with E-state index in [2.05, 4.69) is 5.32 Å². The third-order valence-corrected chi connectivity index (χ3v) is 3.19. The van der Waals surface area contributed by atoms with Gasteiger partial charge in [0.05, 0.1) is 18.2 Å². The first-order chi connectivity index (χ1) is 8.89. The standard InChI is InChI=1S/C14H21Cl2NO2/c1-4-5-19-13-10(6-11(15)7-12(13)16)8-17-14(2,3)9-18/h6-7,17-18H,4-5,8-9H2,1-3H3. The highest BCUT2D eigenvalue weighted by molar-refractivity contribution is 6.35. The minimum atomic E-state index is -0.364. The average molecular weight is 306 g/mol. The molecule has 0 unspecified atom stereocenters. The monoisotopic (exact) mass is 305 g/mol. The lowest BCUT2D eigenvalue weighted by Crippen LogP contribution is -2.42. The van der Waals surface area contributed by atoms with Gasteiger partial charge in [-0.3, -0.25) is 0 Å². The van der Waals surface area contributed by atoms with E-state index in [-0.39, 0.29) is 12.1 Å². The number of halogens is 2. The highest BCUT2D eigenvalue weighted by atomic mass is 35.5. The van der Waals surface area contributed by atoms with E-state index < -0.39 is 0 Å². The van der Waals surface area contributed by atoms with Crippen molar-refractivity contribution in [3.63, 3.8) is 0 Å². The summed E-state index contributed by atoms with van der Waals surface area (Å²) in [5.41, 5.74) is 0.532. The van der Waals surface area contributed by atoms with Gasteiger partial charge in [0.25, 0.3) is 0 Å². The molecule has 1 aromatic carbocycles. The second-order valence-corrected chi connectivity index (χ2v) is 5.96. The predicted octanol–water partition coefficient (Wildman–Crippen LogP) is 3.64. The fraction of sp³-hybridized carbons (Fsp3) is 0.571. The van der Waals surface area contributed by atoms with Gasteiger partial charge in [-0.15, -0.1) is 0 Å². The summed E-state index contributed by atoms with van der Waals surface area (Å²) in [6.07, 6.45) is 0.911. The molecule has 3 nitrogen and oxygen atoms in total. The van der Waals surface area contributed by atoms with E-state index in [0.29, 0.717) is 28.9 Å². The number of hydrogen-bond acceptors (Lipinski definition) is 3. The van der Waals surface area contributed by atoms with Gasteiger partial charge in [0.2, 0.25) is 0 Å². The maximum absolute atomic E-state index is 9.25. The van der Waals surface area contributed by atoms with Gasteiger partial charge in [0.1, 0.15) is 5.75 Å². The van der Waals surface area contributed by atoms with Crippen LogP contribution in [0.4, 0.5) is 0 Å². The van der Waals surface area contributed by atoms with E-state index in [1.807, 2.05) is 26.8 Å². The predicted molar refractivity (Wildman–Crippen MR) is 80.3 cm³/mol. The fourth-order valence-electron chi connectivity index (χ4n) is 1.50. The van der Waals surface area contributed by atoms with Crippen LogP contribution in [0.15, 0.2) is 12.1 Å². The lowest BCUT2D eigenvalue weighted by atomic mass is 10.1. The molecular weight excluding hydrogens is 285 g/mol. The molecule has 0 spiro atoms. The zero-order valence-electron chi connectivity index (χ0n) is 11.6. The van der Waals surface area contributed by atoms with Crippen molar-refractivity contribution in [1.29, 1.82) is 0 Å². The molecular formula is C14H21Cl2NO2. The van der Waals surface area contributed by atoms with Crippen LogP contribution in [0.5, 0.6) is 5.75 Å². The Balaban J connectivity index is 2.90. The van der Waals surface area contributed by atoms with Gasteiger partial charge in [0, 0.05) is 22.7 Å². The number of ether oxygens (including phenoxy) is 1. The van der Waals surface area contributed by atoms with Crippen molar-refractivity contribution >= 4 is 23.2 Å². The molecule has 0 fully saturated rings. The van der Waals surface area contributed by atoms with Crippen LogP contribution in [-0.4, -0.2) is 23.9 Å². The van der Waals surface area contributed by atoms with E-state index >= 15 is 0 Å². The van der Waals surface area contributed by atoms with Gasteiger partial charge in [-0.2, -0.15) is 0 Å². The summed E-state index contributed by atoms with van der Waals surface area (Å²) >= 11 is 12.2. The molecule has 1 rings (SSSR count). The molecule has 0 atom stereocenters. The van der Waals surface area contributed by atoms with Crippen LogP contribution in [0.1, 0.15) is 32.8 Å². The molecule has 2 N–H and O–H groups in total. The van der Waals surface area contributed by atoms with E-state index in [9.17, 15) is 5.11 Å². The number of nitrogens with one attached hydrogen (secondary N) is 1. The molecule has 0 aliphatic rings. The minimum absolute atomic E-state index is 0.0481. The van der Waals surface area contributed by atoms with E-state index in [1.54, 1.807) is 6.07 Å². The van der Waals surface area contributed by atoms with Crippen molar-refractivity contribution in [2.24, 2.45) is 0 Å². The molecule has 0 amide bonds. The summed E-state index contributed by atoms with van der Waals surface area (Å²) in [5, 5.41) is 13.6. The van der Waals surface area contributed by atoms with Crippen LogP contribution in [0.2, 0.25) is 10.0 Å². The largest absolute Gasteiger partial charge is 0.492 e. The third kappa shape index (κ3) is 5.19. The number of aliphatic hydroxyl groups is 1. The highest BCUT2D eigenvalue weighted by Gasteiger charge is 2.17. The molecule has 0 heterocycles. The van der Waals surface area contributed by atoms with Gasteiger partial charge in [-0.05, 0) is 32.4 Å². The van der Waals surface area contributed by atoms with E-state index in [0.717, 1.165) is 12.0 Å². The molecule has 0 aliphatic carbocycles. The van der Waals surface area contributed by atoms with E-state index in [1.165, 1.54) is 0 Å². The molecule has 0 bridgehead atoms. The zero-order valence-corrected chi connectivity index (χ0v) is 13.1. The number of rotatable bonds is 7. The van der Waals surface area contributed by atoms with Gasteiger partial charge < -0.3 is 15.2 Å². The maximum Gasteiger partial charge on any atom is 0.142 e. The second-order valence-electron chi connectivity index (χ2n) is 5.12. The van der Waals surface area contributed by atoms with Crippen molar-refractivity contribution in [2.75, 3.05) is 13.2 Å². The van der Waals surface area contributed by atoms with Crippen molar-refractivity contribution in [2.45, 2.75) is 39.3 Å². The molecule has 5 heteroatoms. The molecule has 0 aliphatic heterocycles. The molecule has 0 saturated heterocycles. The Kier molecular flexibility index (Phi) is 6.40. The topological polar surface area (TPSA) is 41.5 Å². The van der Waals surface area contributed by atoms with Crippen molar-refractivity contribution < 1.29 is 9.84 Å². The summed E-state index contributed by atoms with van der Waals surface area (Å²) in [6.45, 7) is 7.07. The lowest BCUT2D eigenvalue weighted by Gasteiger charge is -2.24. The first-order valence-electron chi connectivity index (χ1n) is 6.36. The van der Waals surface area contributed by atoms with Crippen LogP contribution in [-0.2, 0) is 6.54 Å². The molecule has 19 heavy (non-hydrogen) atoms. The minimum Gasteiger partial charge on any atom is -0.492 e. The Hall–Kier alpha value is -0.480. The van der Waals surface area contributed by atoms with Crippen molar-refractivity contribution in [3.05, 3.63) is 27.7 Å².